The number of amides is 1. The number of hydrogen-bond donors (Lipinski definition) is 1. The van der Waals surface area contributed by atoms with Crippen molar-refractivity contribution in [3.63, 3.8) is 0 Å². The zero-order chi connectivity index (χ0) is 19.1. The van der Waals surface area contributed by atoms with Crippen molar-refractivity contribution in [1.82, 2.24) is 9.88 Å². The summed E-state index contributed by atoms with van der Waals surface area (Å²) < 4.78 is 11.0. The Balaban J connectivity index is 1.77. The zero-order valence-corrected chi connectivity index (χ0v) is 16.1. The fourth-order valence-corrected chi connectivity index (χ4v) is 3.25. The molecule has 2 heterocycles. The normalized spacial score (nSPS) is 15.9. The molecular formula is C20H24ClN3O3. The summed E-state index contributed by atoms with van der Waals surface area (Å²) in [7, 11) is 0. The number of pyridine rings is 1. The number of aromatic nitrogens is 1. The van der Waals surface area contributed by atoms with Gasteiger partial charge >= 0.3 is 0 Å². The molecule has 1 aromatic carbocycles. The van der Waals surface area contributed by atoms with Crippen LogP contribution in [-0.4, -0.2) is 48.7 Å². The number of nitrogens with zero attached hydrogens (tertiary/aromatic N) is 2. The van der Waals surface area contributed by atoms with Crippen LogP contribution in [0.4, 0.5) is 5.69 Å². The fraction of sp³-hybridized carbons (Fsp3) is 0.400. The first-order valence-electron chi connectivity index (χ1n) is 9.14. The van der Waals surface area contributed by atoms with E-state index in [1.807, 2.05) is 19.1 Å². The second-order valence-electron chi connectivity index (χ2n) is 6.32. The van der Waals surface area contributed by atoms with Crippen LogP contribution < -0.4 is 10.1 Å². The molecular weight excluding hydrogens is 366 g/mol. The van der Waals surface area contributed by atoms with Crippen LogP contribution in [-0.2, 0) is 9.53 Å². The van der Waals surface area contributed by atoms with Crippen molar-refractivity contribution in [3.05, 3.63) is 53.3 Å². The molecule has 1 saturated heterocycles. The highest BCUT2D eigenvalue weighted by molar-refractivity contribution is 6.32. The second-order valence-corrected chi connectivity index (χ2v) is 6.73. The first-order chi connectivity index (χ1) is 13.2. The van der Waals surface area contributed by atoms with Gasteiger partial charge in [0.25, 0.3) is 0 Å². The summed E-state index contributed by atoms with van der Waals surface area (Å²) in [6, 6.07) is 8.62. The lowest BCUT2D eigenvalue weighted by molar-refractivity contribution is -0.123. The predicted molar refractivity (Wildman–Crippen MR) is 105 cm³/mol. The number of hydrogen-bond acceptors (Lipinski definition) is 5. The molecule has 1 amide bonds. The first-order valence-corrected chi connectivity index (χ1v) is 9.51. The van der Waals surface area contributed by atoms with E-state index in [0.717, 1.165) is 12.0 Å². The van der Waals surface area contributed by atoms with Gasteiger partial charge in [0.15, 0.2) is 0 Å². The van der Waals surface area contributed by atoms with Crippen LogP contribution in [0.15, 0.2) is 42.7 Å². The SMILES string of the molecule is CCCOc1ccc(NC(=O)C(c2cccnc2)N2CCOCC2)cc1Cl. The Morgan fingerprint density at radius 2 is 2.19 bits per heavy atom. The Bertz CT molecular complexity index is 751. The van der Waals surface area contributed by atoms with E-state index in [-0.39, 0.29) is 5.91 Å². The number of carbonyl (C=O) groups is 1. The molecule has 7 heteroatoms. The van der Waals surface area contributed by atoms with E-state index in [4.69, 9.17) is 21.1 Å². The molecule has 1 N–H and O–H groups in total. The maximum absolute atomic E-state index is 13.1. The predicted octanol–water partition coefficient (Wildman–Crippen LogP) is 3.54. The van der Waals surface area contributed by atoms with E-state index in [0.29, 0.717) is 49.4 Å². The molecule has 1 aliphatic heterocycles. The average Bonchev–Trinajstić information content (AvgIpc) is 2.69. The van der Waals surface area contributed by atoms with Crippen LogP contribution in [0.2, 0.25) is 5.02 Å². The summed E-state index contributed by atoms with van der Waals surface area (Å²) in [6.07, 6.45) is 4.34. The lowest BCUT2D eigenvalue weighted by Crippen LogP contribution is -2.43. The van der Waals surface area contributed by atoms with Crippen LogP contribution in [0.3, 0.4) is 0 Å². The maximum atomic E-state index is 13.1. The molecule has 1 unspecified atom stereocenters. The molecule has 0 saturated carbocycles. The standard InChI is InChI=1S/C20H24ClN3O3/c1-2-10-27-18-6-5-16(13-17(18)21)23-20(25)19(15-4-3-7-22-14-15)24-8-11-26-12-9-24/h3-7,13-14,19H,2,8-12H2,1H3,(H,23,25). The smallest absolute Gasteiger partial charge is 0.246 e. The number of halogens is 1. The van der Waals surface area contributed by atoms with Crippen LogP contribution >= 0.6 is 11.6 Å². The van der Waals surface area contributed by atoms with Gasteiger partial charge in [-0.3, -0.25) is 14.7 Å². The largest absolute Gasteiger partial charge is 0.492 e. The lowest BCUT2D eigenvalue weighted by Gasteiger charge is -2.33. The summed E-state index contributed by atoms with van der Waals surface area (Å²) >= 11 is 6.28. The minimum absolute atomic E-state index is 0.122. The minimum Gasteiger partial charge on any atom is -0.492 e. The van der Waals surface area contributed by atoms with Crippen molar-refractivity contribution >= 4 is 23.2 Å². The van der Waals surface area contributed by atoms with Gasteiger partial charge in [-0.05, 0) is 36.2 Å². The van der Waals surface area contributed by atoms with E-state index < -0.39 is 6.04 Å². The summed E-state index contributed by atoms with van der Waals surface area (Å²) in [5.74, 6) is 0.497. The third-order valence-corrected chi connectivity index (χ3v) is 4.62. The molecule has 2 aromatic rings. The third-order valence-electron chi connectivity index (χ3n) is 4.32. The fourth-order valence-electron chi connectivity index (χ4n) is 3.02. The molecule has 0 spiro atoms. The van der Waals surface area contributed by atoms with Crippen LogP contribution in [0.25, 0.3) is 0 Å². The molecule has 1 fully saturated rings. The molecule has 1 aliphatic rings. The van der Waals surface area contributed by atoms with Gasteiger partial charge < -0.3 is 14.8 Å². The van der Waals surface area contributed by atoms with Crippen molar-refractivity contribution in [3.8, 4) is 5.75 Å². The van der Waals surface area contributed by atoms with Gasteiger partial charge in [0.05, 0.1) is 24.8 Å². The summed E-state index contributed by atoms with van der Waals surface area (Å²) in [4.78, 5) is 19.4. The average molecular weight is 390 g/mol. The van der Waals surface area contributed by atoms with Crippen molar-refractivity contribution in [2.75, 3.05) is 38.2 Å². The number of ether oxygens (including phenoxy) is 2. The van der Waals surface area contributed by atoms with Crippen LogP contribution in [0, 0.1) is 0 Å². The molecule has 6 nitrogen and oxygen atoms in total. The van der Waals surface area contributed by atoms with Gasteiger partial charge in [-0.25, -0.2) is 0 Å². The highest BCUT2D eigenvalue weighted by Crippen LogP contribution is 2.29. The molecule has 27 heavy (non-hydrogen) atoms. The topological polar surface area (TPSA) is 63.7 Å². The number of benzene rings is 1. The van der Waals surface area contributed by atoms with Crippen molar-refractivity contribution in [2.45, 2.75) is 19.4 Å². The summed E-state index contributed by atoms with van der Waals surface area (Å²) in [6.45, 7) is 5.24. The van der Waals surface area contributed by atoms with Crippen LogP contribution in [0.5, 0.6) is 5.75 Å². The molecule has 144 valence electrons. The zero-order valence-electron chi connectivity index (χ0n) is 15.4. The van der Waals surface area contributed by atoms with Crippen LogP contribution in [0.1, 0.15) is 24.9 Å². The molecule has 1 aromatic heterocycles. The number of rotatable bonds is 7. The van der Waals surface area contributed by atoms with Gasteiger partial charge in [-0.15, -0.1) is 0 Å². The number of nitrogens with one attached hydrogen (secondary N) is 1. The number of carbonyl (C=O) groups excluding carboxylic acids is 1. The third kappa shape index (κ3) is 5.19. The van der Waals surface area contributed by atoms with Gasteiger partial charge in [0.2, 0.25) is 5.91 Å². The number of morpholine rings is 1. The molecule has 0 aliphatic carbocycles. The highest BCUT2D eigenvalue weighted by atomic mass is 35.5. The maximum Gasteiger partial charge on any atom is 0.246 e. The van der Waals surface area contributed by atoms with Crippen molar-refractivity contribution < 1.29 is 14.3 Å². The molecule has 0 bridgehead atoms. The van der Waals surface area contributed by atoms with E-state index in [9.17, 15) is 4.79 Å². The number of anilines is 1. The van der Waals surface area contributed by atoms with Gasteiger partial charge in [0, 0.05) is 31.2 Å². The quantitative estimate of drug-likeness (QED) is 0.784. The van der Waals surface area contributed by atoms with Gasteiger partial charge in [-0.1, -0.05) is 24.6 Å². The van der Waals surface area contributed by atoms with Crippen molar-refractivity contribution in [2.24, 2.45) is 0 Å². The minimum atomic E-state index is -0.433. The van der Waals surface area contributed by atoms with Gasteiger partial charge in [0.1, 0.15) is 11.8 Å². The Morgan fingerprint density at radius 3 is 2.85 bits per heavy atom. The molecule has 0 radical (unpaired) electrons. The van der Waals surface area contributed by atoms with Gasteiger partial charge in [-0.2, -0.15) is 0 Å². The summed E-state index contributed by atoms with van der Waals surface area (Å²) in [5, 5.41) is 3.45. The Kier molecular flexibility index (Phi) is 7.04. The van der Waals surface area contributed by atoms with Crippen molar-refractivity contribution in [1.29, 1.82) is 0 Å². The van der Waals surface area contributed by atoms with E-state index >= 15 is 0 Å². The molecule has 3 rings (SSSR count). The second kappa shape index (κ2) is 9.69. The summed E-state index contributed by atoms with van der Waals surface area (Å²) in [5.41, 5.74) is 1.49. The first kappa shape index (κ1) is 19.6. The van der Waals surface area contributed by atoms with E-state index in [2.05, 4.69) is 15.2 Å². The van der Waals surface area contributed by atoms with E-state index in [1.165, 1.54) is 0 Å². The Labute approximate surface area is 164 Å². The lowest BCUT2D eigenvalue weighted by atomic mass is 10.1. The Morgan fingerprint density at radius 1 is 1.37 bits per heavy atom. The van der Waals surface area contributed by atoms with E-state index in [1.54, 1.807) is 30.6 Å². The molecule has 1 atom stereocenters. The highest BCUT2D eigenvalue weighted by Gasteiger charge is 2.29. The Hall–Kier alpha value is -2.15. The monoisotopic (exact) mass is 389 g/mol.